The van der Waals surface area contributed by atoms with Crippen molar-refractivity contribution in [3.8, 4) is 0 Å². The molecule has 1 aromatic rings. The Kier molecular flexibility index (Phi) is 5.56. The molecule has 1 fully saturated rings. The normalized spacial score (nSPS) is 20.0. The Bertz CT molecular complexity index is 528. The summed E-state index contributed by atoms with van der Waals surface area (Å²) in [6.07, 6.45) is 3.22. The van der Waals surface area contributed by atoms with Crippen molar-refractivity contribution in [3.63, 3.8) is 0 Å². The number of pyridine rings is 1. The van der Waals surface area contributed by atoms with E-state index in [2.05, 4.69) is 4.98 Å². The molecule has 22 heavy (non-hydrogen) atoms. The molecule has 2 heterocycles. The topological polar surface area (TPSA) is 59.5 Å². The highest BCUT2D eigenvalue weighted by Crippen LogP contribution is 2.22. The molecule has 122 valence electrons. The number of hydrogen-bond donors (Lipinski definition) is 0. The maximum absolute atomic E-state index is 12.3. The van der Waals surface area contributed by atoms with Crippen LogP contribution in [0.25, 0.3) is 0 Å². The first-order chi connectivity index (χ1) is 10.3. The van der Waals surface area contributed by atoms with Gasteiger partial charge in [-0.15, -0.1) is 0 Å². The average molecular weight is 324 g/mol. The summed E-state index contributed by atoms with van der Waals surface area (Å²) in [4.78, 5) is 18.1. The van der Waals surface area contributed by atoms with Crippen LogP contribution in [-0.2, 0) is 21.3 Å². The van der Waals surface area contributed by atoms with Gasteiger partial charge in [0.15, 0.2) is 0 Å². The molecular formula is C16H24N2O3S. The summed E-state index contributed by atoms with van der Waals surface area (Å²) < 4.78 is 17.7. The molecule has 0 saturated carbocycles. The SMILES string of the molecule is CC(C)(C)OC(=O)N1CCC[C@@H]1C[S@@](=O)Cc1ccccn1. The quantitative estimate of drug-likeness (QED) is 0.854. The van der Waals surface area contributed by atoms with E-state index in [0.717, 1.165) is 18.5 Å². The Balaban J connectivity index is 1.91. The molecule has 0 N–H and O–H groups in total. The van der Waals surface area contributed by atoms with Crippen LogP contribution in [0.2, 0.25) is 0 Å². The summed E-state index contributed by atoms with van der Waals surface area (Å²) in [6.45, 7) is 6.25. The van der Waals surface area contributed by atoms with E-state index >= 15 is 0 Å². The molecule has 0 unspecified atom stereocenters. The highest BCUT2D eigenvalue weighted by molar-refractivity contribution is 7.84. The molecule has 1 aliphatic heterocycles. The Morgan fingerprint density at radius 3 is 2.86 bits per heavy atom. The zero-order chi connectivity index (χ0) is 16.2. The summed E-state index contributed by atoms with van der Waals surface area (Å²) in [6, 6.07) is 5.60. The largest absolute Gasteiger partial charge is 0.444 e. The maximum atomic E-state index is 12.3. The second-order valence-corrected chi connectivity index (χ2v) is 8.04. The van der Waals surface area contributed by atoms with Gasteiger partial charge in [0.1, 0.15) is 5.60 Å². The Labute approximate surface area is 134 Å². The maximum Gasteiger partial charge on any atom is 0.410 e. The van der Waals surface area contributed by atoms with E-state index in [9.17, 15) is 9.00 Å². The van der Waals surface area contributed by atoms with Crippen LogP contribution >= 0.6 is 0 Å². The first kappa shape index (κ1) is 16.9. The van der Waals surface area contributed by atoms with E-state index in [0.29, 0.717) is 18.1 Å². The smallest absolute Gasteiger partial charge is 0.410 e. The van der Waals surface area contributed by atoms with Crippen molar-refractivity contribution < 1.29 is 13.7 Å². The van der Waals surface area contributed by atoms with Crippen molar-refractivity contribution in [2.24, 2.45) is 0 Å². The van der Waals surface area contributed by atoms with Gasteiger partial charge in [0.25, 0.3) is 0 Å². The molecule has 0 spiro atoms. The molecule has 1 aliphatic rings. The number of hydrogen-bond acceptors (Lipinski definition) is 4. The van der Waals surface area contributed by atoms with E-state index < -0.39 is 16.4 Å². The lowest BCUT2D eigenvalue weighted by molar-refractivity contribution is 0.0241. The van der Waals surface area contributed by atoms with Crippen molar-refractivity contribution in [1.82, 2.24) is 9.88 Å². The summed E-state index contributed by atoms with van der Waals surface area (Å²) in [5.74, 6) is 0.912. The molecule has 2 rings (SSSR count). The number of carbonyl (C=O) groups excluding carboxylic acids is 1. The highest BCUT2D eigenvalue weighted by atomic mass is 32.2. The Hall–Kier alpha value is -1.43. The Morgan fingerprint density at radius 2 is 2.23 bits per heavy atom. The second kappa shape index (κ2) is 7.22. The van der Waals surface area contributed by atoms with Gasteiger partial charge in [0.2, 0.25) is 0 Å². The summed E-state index contributed by atoms with van der Waals surface area (Å²) >= 11 is 0. The van der Waals surface area contributed by atoms with Crippen LogP contribution in [0.4, 0.5) is 4.79 Å². The van der Waals surface area contributed by atoms with Crippen molar-refractivity contribution in [2.45, 2.75) is 51.0 Å². The standard InChI is InChI=1S/C16H24N2O3S/c1-16(2,3)21-15(19)18-10-6-8-14(18)12-22(20)11-13-7-4-5-9-17-13/h4-5,7,9,14H,6,8,10-12H2,1-3H3/t14-,22+/m1/s1. The number of carbonyl (C=O) groups is 1. The van der Waals surface area contributed by atoms with Gasteiger partial charge >= 0.3 is 6.09 Å². The molecule has 1 aromatic heterocycles. The van der Waals surface area contributed by atoms with E-state index in [4.69, 9.17) is 4.74 Å². The lowest BCUT2D eigenvalue weighted by atomic mass is 10.2. The van der Waals surface area contributed by atoms with Gasteiger partial charge < -0.3 is 9.64 Å². The van der Waals surface area contributed by atoms with Crippen molar-refractivity contribution in [3.05, 3.63) is 30.1 Å². The predicted molar refractivity (Wildman–Crippen MR) is 86.9 cm³/mol. The van der Waals surface area contributed by atoms with Gasteiger partial charge in [-0.25, -0.2) is 4.79 Å². The van der Waals surface area contributed by atoms with E-state index in [-0.39, 0.29) is 12.1 Å². The lowest BCUT2D eigenvalue weighted by Crippen LogP contribution is -2.42. The van der Waals surface area contributed by atoms with Gasteiger partial charge in [-0.05, 0) is 45.7 Å². The highest BCUT2D eigenvalue weighted by Gasteiger charge is 2.33. The van der Waals surface area contributed by atoms with Crippen molar-refractivity contribution in [1.29, 1.82) is 0 Å². The monoisotopic (exact) mass is 324 g/mol. The van der Waals surface area contributed by atoms with Gasteiger partial charge in [-0.3, -0.25) is 9.19 Å². The lowest BCUT2D eigenvalue weighted by Gasteiger charge is -2.28. The third kappa shape index (κ3) is 5.09. The van der Waals surface area contributed by atoms with Crippen LogP contribution < -0.4 is 0 Å². The molecule has 0 bridgehead atoms. The summed E-state index contributed by atoms with van der Waals surface area (Å²) in [5.41, 5.74) is 0.319. The minimum atomic E-state index is -1.03. The fourth-order valence-corrected chi connectivity index (χ4v) is 3.89. The third-order valence-corrected chi connectivity index (χ3v) is 4.79. The number of ether oxygens (including phenoxy) is 1. The number of likely N-dealkylation sites (tertiary alicyclic amines) is 1. The van der Waals surface area contributed by atoms with Crippen LogP contribution in [0.1, 0.15) is 39.3 Å². The van der Waals surface area contributed by atoms with Gasteiger partial charge in [-0.2, -0.15) is 0 Å². The van der Waals surface area contributed by atoms with Crippen LogP contribution in [0.15, 0.2) is 24.4 Å². The molecule has 5 nitrogen and oxygen atoms in total. The number of aromatic nitrogens is 1. The summed E-state index contributed by atoms with van der Waals surface area (Å²) in [5, 5.41) is 0. The molecular weight excluding hydrogens is 300 g/mol. The number of amides is 1. The first-order valence-corrected chi connectivity index (χ1v) is 9.08. The number of rotatable bonds is 4. The third-order valence-electron chi connectivity index (χ3n) is 3.42. The fraction of sp³-hybridized carbons (Fsp3) is 0.625. The predicted octanol–water partition coefficient (Wildman–Crippen LogP) is 2.73. The van der Waals surface area contributed by atoms with Crippen molar-refractivity contribution >= 4 is 16.9 Å². The van der Waals surface area contributed by atoms with Gasteiger partial charge in [0, 0.05) is 35.3 Å². The molecule has 2 atom stereocenters. The minimum absolute atomic E-state index is 0.000560. The van der Waals surface area contributed by atoms with Crippen LogP contribution in [0, 0.1) is 0 Å². The molecule has 0 aromatic carbocycles. The fourth-order valence-electron chi connectivity index (χ4n) is 2.49. The second-order valence-electron chi connectivity index (χ2n) is 6.54. The van der Waals surface area contributed by atoms with Crippen molar-refractivity contribution in [2.75, 3.05) is 12.3 Å². The van der Waals surface area contributed by atoms with E-state index in [1.807, 2.05) is 39.0 Å². The molecule has 1 saturated heterocycles. The van der Waals surface area contributed by atoms with Crippen LogP contribution in [0.5, 0.6) is 0 Å². The average Bonchev–Trinajstić information content (AvgIpc) is 2.86. The molecule has 0 aliphatic carbocycles. The zero-order valence-electron chi connectivity index (χ0n) is 13.4. The summed E-state index contributed by atoms with van der Waals surface area (Å²) in [7, 11) is -1.03. The van der Waals surface area contributed by atoms with Crippen LogP contribution in [-0.4, -0.2) is 44.1 Å². The molecule has 1 amide bonds. The number of nitrogens with zero attached hydrogens (tertiary/aromatic N) is 2. The molecule has 0 radical (unpaired) electrons. The van der Waals surface area contributed by atoms with Gasteiger partial charge in [0.05, 0.1) is 11.4 Å². The zero-order valence-corrected chi connectivity index (χ0v) is 14.3. The van der Waals surface area contributed by atoms with Gasteiger partial charge in [-0.1, -0.05) is 6.07 Å². The van der Waals surface area contributed by atoms with Crippen LogP contribution in [0.3, 0.4) is 0 Å². The first-order valence-electron chi connectivity index (χ1n) is 7.59. The minimum Gasteiger partial charge on any atom is -0.444 e. The Morgan fingerprint density at radius 1 is 1.45 bits per heavy atom. The van der Waals surface area contributed by atoms with E-state index in [1.54, 1.807) is 11.1 Å². The molecule has 6 heteroatoms. The van der Waals surface area contributed by atoms with E-state index in [1.165, 1.54) is 0 Å².